The maximum Gasteiger partial charge on any atom is 0.256 e. The fraction of sp³-hybridized carbons (Fsp3) is 0.214. The van der Waals surface area contributed by atoms with E-state index in [9.17, 15) is 4.79 Å². The van der Waals surface area contributed by atoms with Crippen LogP contribution in [0, 0.1) is 0 Å². The molecule has 2 rings (SSSR count). The Balaban J connectivity index is 2.57. The predicted octanol–water partition coefficient (Wildman–Crippen LogP) is 1.55. The molecular weight excluding hydrogens is 230 g/mol. The molecule has 94 valence electrons. The highest BCUT2D eigenvalue weighted by Gasteiger charge is 2.07. The molecule has 0 spiro atoms. The van der Waals surface area contributed by atoms with Crippen LogP contribution in [-0.4, -0.2) is 16.8 Å². The Morgan fingerprint density at radius 3 is 2.72 bits per heavy atom. The van der Waals surface area contributed by atoms with Gasteiger partial charge >= 0.3 is 0 Å². The van der Waals surface area contributed by atoms with Crippen molar-refractivity contribution in [1.82, 2.24) is 4.57 Å². The Kier molecular flexibility index (Phi) is 3.48. The Hall–Kier alpha value is -2.07. The molecule has 0 radical (unpaired) electrons. The van der Waals surface area contributed by atoms with Gasteiger partial charge in [-0.1, -0.05) is 12.1 Å². The molecule has 0 amide bonds. The summed E-state index contributed by atoms with van der Waals surface area (Å²) in [6, 6.07) is 11.0. The van der Waals surface area contributed by atoms with Gasteiger partial charge in [0, 0.05) is 18.2 Å². The minimum absolute atomic E-state index is 0.183. The van der Waals surface area contributed by atoms with E-state index in [-0.39, 0.29) is 12.2 Å². The zero-order valence-electron chi connectivity index (χ0n) is 10.4. The van der Waals surface area contributed by atoms with Gasteiger partial charge in [0.25, 0.3) is 5.56 Å². The second-order valence-corrected chi connectivity index (χ2v) is 4.00. The summed E-state index contributed by atoms with van der Waals surface area (Å²) in [5.41, 5.74) is 1.90. The molecule has 0 unspecified atom stereocenters. The van der Waals surface area contributed by atoms with Crippen molar-refractivity contribution in [3.05, 3.63) is 52.3 Å². The topological polar surface area (TPSA) is 51.5 Å². The lowest BCUT2D eigenvalue weighted by molar-refractivity contribution is 0.279. The molecule has 0 atom stereocenters. The van der Waals surface area contributed by atoms with Crippen molar-refractivity contribution in [1.29, 1.82) is 0 Å². The van der Waals surface area contributed by atoms with Gasteiger partial charge in [0.1, 0.15) is 5.75 Å². The number of aliphatic hydroxyl groups excluding tert-OH is 1. The van der Waals surface area contributed by atoms with E-state index in [0.29, 0.717) is 5.56 Å². The van der Waals surface area contributed by atoms with Gasteiger partial charge in [-0.3, -0.25) is 4.79 Å². The quantitative estimate of drug-likeness (QED) is 0.892. The summed E-state index contributed by atoms with van der Waals surface area (Å²) in [4.78, 5) is 11.9. The molecule has 4 heteroatoms. The van der Waals surface area contributed by atoms with Gasteiger partial charge in [-0.2, -0.15) is 0 Å². The summed E-state index contributed by atoms with van der Waals surface area (Å²) in [7, 11) is 3.29. The smallest absolute Gasteiger partial charge is 0.256 e. The van der Waals surface area contributed by atoms with Crippen molar-refractivity contribution in [2.24, 2.45) is 7.05 Å². The van der Waals surface area contributed by atoms with Crippen LogP contribution in [0.3, 0.4) is 0 Å². The summed E-state index contributed by atoms with van der Waals surface area (Å²) < 4.78 is 6.69. The van der Waals surface area contributed by atoms with Crippen molar-refractivity contribution in [3.63, 3.8) is 0 Å². The van der Waals surface area contributed by atoms with Crippen molar-refractivity contribution in [2.45, 2.75) is 6.61 Å². The van der Waals surface area contributed by atoms with Gasteiger partial charge in [-0.05, 0) is 24.3 Å². The summed E-state index contributed by atoms with van der Waals surface area (Å²) in [6.45, 7) is -0.245. The third kappa shape index (κ3) is 2.15. The number of hydrogen-bond donors (Lipinski definition) is 1. The highest BCUT2D eigenvalue weighted by Crippen LogP contribution is 2.22. The second-order valence-electron chi connectivity index (χ2n) is 4.00. The molecule has 1 aromatic carbocycles. The van der Waals surface area contributed by atoms with E-state index in [1.165, 1.54) is 4.57 Å². The monoisotopic (exact) mass is 245 g/mol. The lowest BCUT2D eigenvalue weighted by atomic mass is 10.1. The number of rotatable bonds is 3. The van der Waals surface area contributed by atoms with Crippen molar-refractivity contribution in [3.8, 4) is 17.0 Å². The molecule has 1 heterocycles. The van der Waals surface area contributed by atoms with E-state index < -0.39 is 0 Å². The summed E-state index contributed by atoms with van der Waals surface area (Å²) >= 11 is 0. The van der Waals surface area contributed by atoms with Crippen LogP contribution in [0.25, 0.3) is 11.3 Å². The van der Waals surface area contributed by atoms with Crippen LogP contribution in [-0.2, 0) is 13.7 Å². The molecule has 1 N–H and O–H groups in total. The lowest BCUT2D eigenvalue weighted by Gasteiger charge is -2.10. The predicted molar refractivity (Wildman–Crippen MR) is 69.6 cm³/mol. The third-order valence-electron chi connectivity index (χ3n) is 2.92. The number of aromatic nitrogens is 1. The Labute approximate surface area is 105 Å². The van der Waals surface area contributed by atoms with Gasteiger partial charge in [0.15, 0.2) is 0 Å². The number of aliphatic hydroxyl groups is 1. The van der Waals surface area contributed by atoms with Crippen LogP contribution in [0.1, 0.15) is 5.56 Å². The molecule has 0 aliphatic carbocycles. The first-order valence-corrected chi connectivity index (χ1v) is 5.61. The number of pyridine rings is 1. The van der Waals surface area contributed by atoms with Crippen molar-refractivity contribution < 1.29 is 9.84 Å². The van der Waals surface area contributed by atoms with E-state index in [0.717, 1.165) is 17.0 Å². The molecule has 0 bridgehead atoms. The fourth-order valence-corrected chi connectivity index (χ4v) is 1.88. The zero-order chi connectivity index (χ0) is 13.1. The zero-order valence-corrected chi connectivity index (χ0v) is 10.4. The number of benzene rings is 1. The van der Waals surface area contributed by atoms with E-state index in [1.807, 2.05) is 30.3 Å². The van der Waals surface area contributed by atoms with Crippen LogP contribution in [0.4, 0.5) is 0 Å². The molecule has 1 aromatic heterocycles. The first-order chi connectivity index (χ1) is 8.67. The SMILES string of the molecule is COc1cccc(-c2ccc(CO)c(=O)n2C)c1. The minimum Gasteiger partial charge on any atom is -0.497 e. The average Bonchev–Trinajstić information content (AvgIpc) is 2.42. The Bertz CT molecular complexity index is 617. The van der Waals surface area contributed by atoms with Gasteiger partial charge in [0.2, 0.25) is 0 Å². The standard InChI is InChI=1S/C14H15NO3/c1-15-13(7-6-11(9-16)14(15)17)10-4-3-5-12(8-10)18-2/h3-8,16H,9H2,1-2H3. The van der Waals surface area contributed by atoms with Crippen LogP contribution in [0.5, 0.6) is 5.75 Å². The maximum absolute atomic E-state index is 11.9. The molecule has 4 nitrogen and oxygen atoms in total. The number of ether oxygens (including phenoxy) is 1. The minimum atomic E-state index is -0.245. The van der Waals surface area contributed by atoms with E-state index in [1.54, 1.807) is 20.2 Å². The highest BCUT2D eigenvalue weighted by atomic mass is 16.5. The second kappa shape index (κ2) is 5.06. The number of hydrogen-bond acceptors (Lipinski definition) is 3. The van der Waals surface area contributed by atoms with Gasteiger partial charge in [-0.25, -0.2) is 0 Å². The first-order valence-electron chi connectivity index (χ1n) is 5.61. The molecular formula is C14H15NO3. The molecule has 0 aliphatic rings. The fourth-order valence-electron chi connectivity index (χ4n) is 1.88. The van der Waals surface area contributed by atoms with Crippen molar-refractivity contribution >= 4 is 0 Å². The van der Waals surface area contributed by atoms with Crippen LogP contribution < -0.4 is 10.3 Å². The normalized spacial score (nSPS) is 10.4. The van der Waals surface area contributed by atoms with Crippen LogP contribution in [0.15, 0.2) is 41.2 Å². The summed E-state index contributed by atoms with van der Waals surface area (Å²) in [6.07, 6.45) is 0. The third-order valence-corrected chi connectivity index (χ3v) is 2.92. The molecule has 0 aliphatic heterocycles. The van der Waals surface area contributed by atoms with Crippen LogP contribution >= 0.6 is 0 Å². The number of methoxy groups -OCH3 is 1. The van der Waals surface area contributed by atoms with E-state index in [2.05, 4.69) is 0 Å². The van der Waals surface area contributed by atoms with Gasteiger partial charge in [0.05, 0.1) is 19.4 Å². The molecule has 2 aromatic rings. The molecule has 18 heavy (non-hydrogen) atoms. The van der Waals surface area contributed by atoms with Gasteiger partial charge < -0.3 is 14.4 Å². The Morgan fingerprint density at radius 1 is 1.28 bits per heavy atom. The van der Waals surface area contributed by atoms with Crippen molar-refractivity contribution in [2.75, 3.05) is 7.11 Å². The van der Waals surface area contributed by atoms with E-state index in [4.69, 9.17) is 9.84 Å². The molecule has 0 saturated carbocycles. The molecule has 0 fully saturated rings. The van der Waals surface area contributed by atoms with Crippen LogP contribution in [0.2, 0.25) is 0 Å². The van der Waals surface area contributed by atoms with E-state index >= 15 is 0 Å². The summed E-state index contributed by atoms with van der Waals surface area (Å²) in [5, 5.41) is 9.05. The maximum atomic E-state index is 11.9. The highest BCUT2D eigenvalue weighted by molar-refractivity contribution is 5.61. The summed E-state index contributed by atoms with van der Waals surface area (Å²) in [5.74, 6) is 0.742. The lowest BCUT2D eigenvalue weighted by Crippen LogP contribution is -2.22. The van der Waals surface area contributed by atoms with Gasteiger partial charge in [-0.15, -0.1) is 0 Å². The average molecular weight is 245 g/mol. The first kappa shape index (κ1) is 12.4. The largest absolute Gasteiger partial charge is 0.497 e. The Morgan fingerprint density at radius 2 is 2.06 bits per heavy atom. The number of nitrogens with zero attached hydrogens (tertiary/aromatic N) is 1. The molecule has 0 saturated heterocycles.